The van der Waals surface area contributed by atoms with Gasteiger partial charge in [0.25, 0.3) is 0 Å². The second-order valence-corrected chi connectivity index (χ2v) is 12.7. The third-order valence-corrected chi connectivity index (χ3v) is 9.73. The molecule has 1 aromatic carbocycles. The highest BCUT2D eigenvalue weighted by atomic mass is 32.2. The molecule has 2 aromatic rings. The summed E-state index contributed by atoms with van der Waals surface area (Å²) in [7, 11) is 0. The van der Waals surface area contributed by atoms with Crippen molar-refractivity contribution in [3.8, 4) is 17.0 Å². The second-order valence-electron chi connectivity index (χ2n) is 11.4. The molecule has 1 saturated heterocycles. The number of nitrogens with zero attached hydrogens (tertiary/aromatic N) is 2. The lowest BCUT2D eigenvalue weighted by Crippen LogP contribution is -2.43. The molecule has 4 bridgehead atoms. The van der Waals surface area contributed by atoms with Gasteiger partial charge in [0.05, 0.1) is 12.3 Å². The summed E-state index contributed by atoms with van der Waals surface area (Å²) in [6.45, 7) is 6.80. The van der Waals surface area contributed by atoms with Crippen LogP contribution in [-0.2, 0) is 11.5 Å². The summed E-state index contributed by atoms with van der Waals surface area (Å²) in [6, 6.07) is 10.4. The summed E-state index contributed by atoms with van der Waals surface area (Å²) in [4.78, 5) is 4.92. The number of ether oxygens (including phenoxy) is 1. The molecule has 1 saturated carbocycles. The SMILES string of the molecule is Cc1cccc(C)c1-c1cc2cc(n1)N[S+]([O-])N1CCCC(CCC[C@H](CC3CCCCC3)CO2)C1. The van der Waals surface area contributed by atoms with E-state index in [1.165, 1.54) is 75.3 Å². The zero-order valence-electron chi connectivity index (χ0n) is 22.1. The molecular formula is C30H43N3O2S. The fourth-order valence-electron chi connectivity index (χ4n) is 6.63. The Labute approximate surface area is 220 Å². The van der Waals surface area contributed by atoms with Crippen LogP contribution in [0.15, 0.2) is 30.3 Å². The summed E-state index contributed by atoms with van der Waals surface area (Å²) in [5.74, 6) is 3.54. The third kappa shape index (κ3) is 6.56. The minimum absolute atomic E-state index is 0.595. The van der Waals surface area contributed by atoms with Crippen LogP contribution < -0.4 is 9.46 Å². The van der Waals surface area contributed by atoms with Crippen molar-refractivity contribution in [1.29, 1.82) is 0 Å². The number of hydrogen-bond acceptors (Lipinski definition) is 5. The minimum atomic E-state index is -1.30. The monoisotopic (exact) mass is 509 g/mol. The molecule has 2 aliphatic heterocycles. The summed E-state index contributed by atoms with van der Waals surface area (Å²) in [5.41, 5.74) is 4.40. The van der Waals surface area contributed by atoms with Gasteiger partial charge in [-0.25, -0.2) is 4.98 Å². The maximum atomic E-state index is 13.3. The number of aryl methyl sites for hydroxylation is 2. The quantitative estimate of drug-likeness (QED) is 0.443. The van der Waals surface area contributed by atoms with E-state index >= 15 is 0 Å². The zero-order valence-corrected chi connectivity index (χ0v) is 23.0. The highest BCUT2D eigenvalue weighted by Gasteiger charge is 2.30. The number of rotatable bonds is 3. The summed E-state index contributed by atoms with van der Waals surface area (Å²) >= 11 is -1.30. The van der Waals surface area contributed by atoms with Crippen molar-refractivity contribution in [3.63, 3.8) is 0 Å². The second kappa shape index (κ2) is 12.2. The van der Waals surface area contributed by atoms with E-state index in [4.69, 9.17) is 9.72 Å². The van der Waals surface area contributed by atoms with Crippen LogP contribution >= 0.6 is 0 Å². The Balaban J connectivity index is 1.44. The van der Waals surface area contributed by atoms with Crippen molar-refractivity contribution in [1.82, 2.24) is 9.29 Å². The van der Waals surface area contributed by atoms with Crippen molar-refractivity contribution >= 4 is 17.4 Å². The van der Waals surface area contributed by atoms with E-state index in [1.807, 2.05) is 6.07 Å². The van der Waals surface area contributed by atoms with Crippen LogP contribution in [0.4, 0.5) is 5.82 Å². The van der Waals surface area contributed by atoms with Gasteiger partial charge in [0.15, 0.2) is 17.4 Å². The van der Waals surface area contributed by atoms with Gasteiger partial charge in [-0.3, -0.25) is 0 Å². The van der Waals surface area contributed by atoms with Crippen molar-refractivity contribution < 1.29 is 9.29 Å². The van der Waals surface area contributed by atoms with Crippen LogP contribution in [0.3, 0.4) is 0 Å². The molecule has 5 nitrogen and oxygen atoms in total. The highest BCUT2D eigenvalue weighted by molar-refractivity contribution is 7.90. The molecule has 0 amide bonds. The van der Waals surface area contributed by atoms with Crippen LogP contribution in [0.1, 0.15) is 81.8 Å². The number of aromatic nitrogens is 1. The third-order valence-electron chi connectivity index (χ3n) is 8.55. The Kier molecular flexibility index (Phi) is 8.76. The van der Waals surface area contributed by atoms with Gasteiger partial charge in [-0.05, 0) is 74.8 Å². The van der Waals surface area contributed by atoms with E-state index in [9.17, 15) is 4.55 Å². The van der Waals surface area contributed by atoms with Crippen LogP contribution in [0.2, 0.25) is 0 Å². The lowest BCUT2D eigenvalue weighted by atomic mass is 9.81. The average molecular weight is 510 g/mol. The number of anilines is 1. The predicted octanol–water partition coefficient (Wildman–Crippen LogP) is 7.22. The molecule has 0 spiro atoms. The van der Waals surface area contributed by atoms with E-state index < -0.39 is 11.5 Å². The summed E-state index contributed by atoms with van der Waals surface area (Å²) in [5, 5.41) is 0. The van der Waals surface area contributed by atoms with E-state index in [-0.39, 0.29) is 0 Å². The minimum Gasteiger partial charge on any atom is -0.573 e. The molecule has 4 atom stereocenters. The topological polar surface area (TPSA) is 60.5 Å². The Morgan fingerprint density at radius 2 is 1.72 bits per heavy atom. The van der Waals surface area contributed by atoms with Crippen molar-refractivity contribution in [2.45, 2.75) is 84.5 Å². The largest absolute Gasteiger partial charge is 0.573 e. The van der Waals surface area contributed by atoms with Crippen LogP contribution in [0, 0.1) is 31.6 Å². The maximum absolute atomic E-state index is 13.3. The molecule has 1 aliphatic carbocycles. The lowest BCUT2D eigenvalue weighted by Gasteiger charge is -2.32. The van der Waals surface area contributed by atoms with E-state index in [0.717, 1.165) is 49.0 Å². The molecular weight excluding hydrogens is 466 g/mol. The molecule has 6 heteroatoms. The molecule has 3 unspecified atom stereocenters. The lowest BCUT2D eigenvalue weighted by molar-refractivity contribution is 0.184. The van der Waals surface area contributed by atoms with Crippen LogP contribution in [0.25, 0.3) is 11.3 Å². The first-order chi connectivity index (χ1) is 17.5. The number of piperidine rings is 1. The molecule has 5 rings (SSSR count). The first kappa shape index (κ1) is 25.9. The van der Waals surface area contributed by atoms with Crippen molar-refractivity contribution in [3.05, 3.63) is 41.5 Å². The zero-order chi connectivity index (χ0) is 24.9. The summed E-state index contributed by atoms with van der Waals surface area (Å²) in [6.07, 6.45) is 14.3. The van der Waals surface area contributed by atoms with Crippen LogP contribution in [0.5, 0.6) is 5.75 Å². The molecule has 3 heterocycles. The number of hydrogen-bond donors (Lipinski definition) is 1. The van der Waals surface area contributed by atoms with E-state index in [1.54, 1.807) is 0 Å². The number of nitrogens with one attached hydrogen (secondary N) is 1. The first-order valence-electron chi connectivity index (χ1n) is 14.2. The maximum Gasteiger partial charge on any atom is 0.176 e. The van der Waals surface area contributed by atoms with Gasteiger partial charge in [0.1, 0.15) is 5.75 Å². The molecule has 0 radical (unpaired) electrons. The highest BCUT2D eigenvalue weighted by Crippen LogP contribution is 2.35. The number of fused-ring (bicyclic) bond motifs is 4. The molecule has 3 aliphatic rings. The van der Waals surface area contributed by atoms with E-state index in [0.29, 0.717) is 17.7 Å². The summed E-state index contributed by atoms with van der Waals surface area (Å²) < 4.78 is 25.2. The molecule has 1 aromatic heterocycles. The van der Waals surface area contributed by atoms with Gasteiger partial charge in [-0.2, -0.15) is 4.72 Å². The number of benzene rings is 1. The van der Waals surface area contributed by atoms with Gasteiger partial charge in [0.2, 0.25) is 0 Å². The molecule has 196 valence electrons. The number of pyridine rings is 1. The smallest absolute Gasteiger partial charge is 0.176 e. The molecule has 2 fully saturated rings. The fourth-order valence-corrected chi connectivity index (χ4v) is 7.68. The Hall–Kier alpha value is -1.76. The van der Waals surface area contributed by atoms with Gasteiger partial charge in [-0.1, -0.05) is 56.7 Å². The Morgan fingerprint density at radius 1 is 0.972 bits per heavy atom. The average Bonchev–Trinajstić information content (AvgIpc) is 2.87. The van der Waals surface area contributed by atoms with Gasteiger partial charge >= 0.3 is 0 Å². The first-order valence-corrected chi connectivity index (χ1v) is 15.3. The Morgan fingerprint density at radius 3 is 2.53 bits per heavy atom. The van der Waals surface area contributed by atoms with Crippen LogP contribution in [-0.4, -0.2) is 33.5 Å². The van der Waals surface area contributed by atoms with Crippen molar-refractivity contribution in [2.24, 2.45) is 17.8 Å². The molecule has 1 N–H and O–H groups in total. The van der Waals surface area contributed by atoms with Gasteiger partial charge in [-0.15, -0.1) is 4.31 Å². The van der Waals surface area contributed by atoms with Gasteiger partial charge in [0, 0.05) is 30.8 Å². The van der Waals surface area contributed by atoms with Crippen molar-refractivity contribution in [2.75, 3.05) is 24.4 Å². The predicted molar refractivity (Wildman–Crippen MR) is 149 cm³/mol. The normalized spacial score (nSPS) is 28.0. The van der Waals surface area contributed by atoms with E-state index in [2.05, 4.69) is 47.1 Å². The molecule has 36 heavy (non-hydrogen) atoms. The standard InChI is InChI=1S/C30H43N3O2S/c1-22-9-6-10-23(2)30(22)28-18-27-19-29(31-28)32-36(34)33-16-8-15-25(20-33)13-7-14-26(21-35-27)17-24-11-4-3-5-12-24/h6,9-10,18-19,24-26H,3-5,7-8,11-17,20-21H2,1-2H3,(H,31,32)/t25?,26-,36?/m1/s1. The Bertz CT molecular complexity index is 989. The van der Waals surface area contributed by atoms with Gasteiger partial charge < -0.3 is 9.29 Å². The fraction of sp³-hybridized carbons (Fsp3) is 0.633.